The van der Waals surface area contributed by atoms with E-state index in [0.29, 0.717) is 11.6 Å². The minimum Gasteiger partial charge on any atom is -0.266 e. The van der Waals surface area contributed by atoms with Crippen LogP contribution < -0.4 is 5.56 Å². The Morgan fingerprint density at radius 2 is 2.36 bits per heavy atom. The molecule has 0 spiro atoms. The summed E-state index contributed by atoms with van der Waals surface area (Å²) in [6, 6.07) is 0. The Morgan fingerprint density at radius 1 is 1.55 bits per heavy atom. The number of hydrogen-bond donors (Lipinski definition) is 1. The Morgan fingerprint density at radius 3 is 3.18 bits per heavy atom. The first-order valence-electron chi connectivity index (χ1n) is 3.04. The van der Waals surface area contributed by atoms with Crippen molar-refractivity contribution in [3.8, 4) is 0 Å². The van der Waals surface area contributed by atoms with Crippen molar-refractivity contribution in [3.05, 3.63) is 22.4 Å². The van der Waals surface area contributed by atoms with E-state index in [2.05, 4.69) is 20.3 Å². The smallest absolute Gasteiger partial charge is 0.266 e. The van der Waals surface area contributed by atoms with Crippen LogP contribution in [0.5, 0.6) is 0 Å². The molecule has 2 aromatic rings. The highest BCUT2D eigenvalue weighted by Gasteiger charge is 1.99. The second kappa shape index (κ2) is 1.88. The molecule has 56 valence electrons. The Hall–Kier alpha value is -1.72. The summed E-state index contributed by atoms with van der Waals surface area (Å²) in [6.07, 6.45) is 1.17. The third-order valence-electron chi connectivity index (χ3n) is 1.33. The van der Waals surface area contributed by atoms with Crippen molar-refractivity contribution in [1.29, 1.82) is 0 Å². The highest BCUT2D eigenvalue weighted by molar-refractivity contribution is 5.22. The molecule has 0 aliphatic carbocycles. The van der Waals surface area contributed by atoms with Gasteiger partial charge in [0.25, 0.3) is 11.3 Å². The molecule has 0 fully saturated rings. The highest BCUT2D eigenvalue weighted by Crippen LogP contribution is 1.90. The zero-order valence-electron chi connectivity index (χ0n) is 5.77. The number of aromatic nitrogens is 5. The second-order valence-corrected chi connectivity index (χ2v) is 2.12. The fraction of sp³-hybridized carbons (Fsp3) is 0.200. The van der Waals surface area contributed by atoms with E-state index < -0.39 is 0 Å². The maximum Gasteiger partial charge on any atom is 0.281 e. The molecule has 0 bridgehead atoms. The van der Waals surface area contributed by atoms with Crippen molar-refractivity contribution in [2.45, 2.75) is 6.92 Å². The van der Waals surface area contributed by atoms with Gasteiger partial charge in [-0.25, -0.2) is 9.50 Å². The fourth-order valence-corrected chi connectivity index (χ4v) is 0.821. The Kier molecular flexibility index (Phi) is 1.03. The van der Waals surface area contributed by atoms with Crippen LogP contribution in [0.15, 0.2) is 11.0 Å². The van der Waals surface area contributed by atoms with Gasteiger partial charge in [0.2, 0.25) is 0 Å². The molecule has 6 heteroatoms. The molecule has 0 aliphatic rings. The van der Waals surface area contributed by atoms with Crippen LogP contribution >= 0.6 is 0 Å². The van der Waals surface area contributed by atoms with Crippen LogP contribution in [0.2, 0.25) is 0 Å². The molecule has 2 aromatic heterocycles. The second-order valence-electron chi connectivity index (χ2n) is 2.12. The largest absolute Gasteiger partial charge is 0.281 e. The van der Waals surface area contributed by atoms with Crippen LogP contribution in [0.1, 0.15) is 5.82 Å². The number of aromatic amines is 1. The highest BCUT2D eigenvalue weighted by atomic mass is 16.1. The fourth-order valence-electron chi connectivity index (χ4n) is 0.821. The maximum absolute atomic E-state index is 10.7. The van der Waals surface area contributed by atoms with Gasteiger partial charge in [0, 0.05) is 0 Å². The van der Waals surface area contributed by atoms with Crippen molar-refractivity contribution in [1.82, 2.24) is 24.8 Å². The summed E-state index contributed by atoms with van der Waals surface area (Å²) in [5, 5.41) is 9.92. The number of fused-ring (bicyclic) bond motifs is 1. The minimum atomic E-state index is -0.264. The quantitative estimate of drug-likeness (QED) is 0.530. The number of hydrogen-bond acceptors (Lipinski definition) is 4. The van der Waals surface area contributed by atoms with Gasteiger partial charge in [-0.1, -0.05) is 0 Å². The molecule has 0 saturated heterocycles. The van der Waals surface area contributed by atoms with Crippen LogP contribution in [0.25, 0.3) is 5.78 Å². The van der Waals surface area contributed by atoms with E-state index in [1.54, 1.807) is 6.92 Å². The van der Waals surface area contributed by atoms with Gasteiger partial charge in [-0.15, -0.1) is 10.2 Å². The van der Waals surface area contributed by atoms with Crippen LogP contribution in [0.3, 0.4) is 0 Å². The first-order valence-corrected chi connectivity index (χ1v) is 3.04. The van der Waals surface area contributed by atoms with E-state index >= 15 is 0 Å². The summed E-state index contributed by atoms with van der Waals surface area (Å²) in [6.45, 7) is 1.73. The predicted octanol–water partition coefficient (Wildman–Crippen LogP) is -0.879. The topological polar surface area (TPSA) is 75.9 Å². The Bertz CT molecular complexity index is 441. The van der Waals surface area contributed by atoms with Gasteiger partial charge in [-0.2, -0.15) is 0 Å². The molecule has 0 unspecified atom stereocenters. The number of H-pyrrole nitrogens is 1. The van der Waals surface area contributed by atoms with Gasteiger partial charge in [-0.05, 0) is 6.92 Å². The van der Waals surface area contributed by atoms with Crippen LogP contribution in [0, 0.1) is 6.92 Å². The lowest BCUT2D eigenvalue weighted by atomic mass is 10.7. The number of nitrogens with zero attached hydrogens (tertiary/aromatic N) is 4. The Labute approximate surface area is 60.9 Å². The third-order valence-corrected chi connectivity index (χ3v) is 1.33. The van der Waals surface area contributed by atoms with Gasteiger partial charge in [0.1, 0.15) is 0 Å². The molecule has 0 aliphatic heterocycles. The summed E-state index contributed by atoms with van der Waals surface area (Å²) in [7, 11) is 0. The average Bonchev–Trinajstić information content (AvgIpc) is 2.33. The number of nitrogens with one attached hydrogen (secondary N) is 1. The van der Waals surface area contributed by atoms with E-state index in [4.69, 9.17) is 0 Å². The van der Waals surface area contributed by atoms with Gasteiger partial charge >= 0.3 is 0 Å². The summed E-state index contributed by atoms with van der Waals surface area (Å²) in [5.74, 6) is 1.02. The van der Waals surface area contributed by atoms with Crippen molar-refractivity contribution in [3.63, 3.8) is 0 Å². The summed E-state index contributed by atoms with van der Waals surface area (Å²) < 4.78 is 1.43. The molecule has 0 saturated carbocycles. The summed E-state index contributed by atoms with van der Waals surface area (Å²) in [4.78, 5) is 14.5. The normalized spacial score (nSPS) is 10.6. The molecule has 1 N–H and O–H groups in total. The summed E-state index contributed by atoms with van der Waals surface area (Å²) >= 11 is 0. The molecule has 11 heavy (non-hydrogen) atoms. The van der Waals surface area contributed by atoms with Crippen molar-refractivity contribution in [2.24, 2.45) is 0 Å². The average molecular weight is 151 g/mol. The SMILES string of the molecule is Cc1nnc2ncc(=O)[nH]n12. The lowest BCUT2D eigenvalue weighted by Crippen LogP contribution is -2.11. The third kappa shape index (κ3) is 0.794. The lowest BCUT2D eigenvalue weighted by Gasteiger charge is -1.89. The van der Waals surface area contributed by atoms with Gasteiger partial charge < -0.3 is 0 Å². The van der Waals surface area contributed by atoms with Gasteiger partial charge in [0.05, 0.1) is 6.20 Å². The molecular weight excluding hydrogens is 146 g/mol. The maximum atomic E-state index is 10.7. The molecule has 6 nitrogen and oxygen atoms in total. The Balaban J connectivity index is 2.98. The predicted molar refractivity (Wildman–Crippen MR) is 36.1 cm³/mol. The van der Waals surface area contributed by atoms with Crippen LogP contribution in [0.4, 0.5) is 0 Å². The van der Waals surface area contributed by atoms with Gasteiger partial charge in [0.15, 0.2) is 5.82 Å². The molecule has 0 aromatic carbocycles. The van der Waals surface area contributed by atoms with E-state index in [1.165, 1.54) is 10.7 Å². The van der Waals surface area contributed by atoms with E-state index in [9.17, 15) is 4.79 Å². The number of aryl methyl sites for hydroxylation is 1. The standard InChI is InChI=1S/C5H5N5O/c1-3-7-8-5-6-2-4(11)9-10(3)5/h2H,1H3,(H,9,11). The van der Waals surface area contributed by atoms with Crippen molar-refractivity contribution in [2.75, 3.05) is 0 Å². The van der Waals surface area contributed by atoms with E-state index in [1.807, 2.05) is 0 Å². The molecule has 0 radical (unpaired) electrons. The molecule has 0 amide bonds. The van der Waals surface area contributed by atoms with E-state index in [0.717, 1.165) is 0 Å². The first-order chi connectivity index (χ1) is 5.27. The number of rotatable bonds is 0. The molecule has 2 heterocycles. The molecular formula is C5H5N5O. The van der Waals surface area contributed by atoms with Crippen LogP contribution in [-0.4, -0.2) is 24.8 Å². The summed E-state index contributed by atoms with van der Waals surface area (Å²) in [5.41, 5.74) is -0.264. The molecule has 2 rings (SSSR count). The van der Waals surface area contributed by atoms with Crippen LogP contribution in [-0.2, 0) is 0 Å². The lowest BCUT2D eigenvalue weighted by molar-refractivity contribution is 0.833. The van der Waals surface area contributed by atoms with Crippen molar-refractivity contribution >= 4 is 5.78 Å². The first kappa shape index (κ1) is 6.02. The van der Waals surface area contributed by atoms with E-state index in [-0.39, 0.29) is 5.56 Å². The molecule has 0 atom stereocenters. The monoisotopic (exact) mass is 151 g/mol. The minimum absolute atomic E-state index is 0.264. The van der Waals surface area contributed by atoms with Gasteiger partial charge in [-0.3, -0.25) is 9.89 Å². The zero-order valence-corrected chi connectivity index (χ0v) is 5.77. The van der Waals surface area contributed by atoms with Crippen molar-refractivity contribution < 1.29 is 0 Å². The zero-order chi connectivity index (χ0) is 7.84.